The topological polar surface area (TPSA) is 81.8 Å². The van der Waals surface area contributed by atoms with Crippen LogP contribution in [0.4, 0.5) is 10.1 Å². The number of allylic oxidation sites excluding steroid dienone is 1. The number of carbonyl (C=O) groups excluding carboxylic acids is 1. The minimum absolute atomic E-state index is 0.0288. The first-order chi connectivity index (χ1) is 15.5. The Kier molecular flexibility index (Phi) is 7.87. The monoisotopic (exact) mass is 438 g/mol. The van der Waals surface area contributed by atoms with Crippen LogP contribution >= 0.6 is 0 Å². The molecule has 0 aliphatic carbocycles. The first-order valence-corrected chi connectivity index (χ1v) is 10.9. The van der Waals surface area contributed by atoms with Crippen LogP contribution in [0.2, 0.25) is 0 Å². The van der Waals surface area contributed by atoms with Gasteiger partial charge in [-0.15, -0.1) is 0 Å². The van der Waals surface area contributed by atoms with Crippen LogP contribution in [0.25, 0.3) is 0 Å². The number of hydrogen-bond acceptors (Lipinski definition) is 5. The summed E-state index contributed by atoms with van der Waals surface area (Å²) in [6.45, 7) is 2.15. The molecule has 1 unspecified atom stereocenters. The normalized spacial score (nSPS) is 18.4. The summed E-state index contributed by atoms with van der Waals surface area (Å²) in [7, 11) is 0. The summed E-state index contributed by atoms with van der Waals surface area (Å²) >= 11 is 0. The van der Waals surface area contributed by atoms with Crippen molar-refractivity contribution in [3.63, 3.8) is 0 Å². The van der Waals surface area contributed by atoms with E-state index in [4.69, 9.17) is 4.74 Å². The number of hydrogen-bond donors (Lipinski definition) is 0. The van der Waals surface area contributed by atoms with Crippen molar-refractivity contribution in [2.24, 2.45) is 4.99 Å². The Bertz CT molecular complexity index is 1000. The Morgan fingerprint density at radius 2 is 1.78 bits per heavy atom. The minimum atomic E-state index is -1.53. The molecule has 2 aromatic rings. The van der Waals surface area contributed by atoms with Gasteiger partial charge in [-0.1, -0.05) is 69.0 Å². The highest BCUT2D eigenvalue weighted by Gasteiger charge is 2.48. The third-order valence-electron chi connectivity index (χ3n) is 5.49. The second kappa shape index (κ2) is 10.8. The molecule has 1 heterocycles. The van der Waals surface area contributed by atoms with Gasteiger partial charge in [-0.25, -0.2) is 14.2 Å². The lowest BCUT2D eigenvalue weighted by Crippen LogP contribution is -2.31. The van der Waals surface area contributed by atoms with Gasteiger partial charge < -0.3 is 4.74 Å². The molecule has 1 aliphatic rings. The van der Waals surface area contributed by atoms with Gasteiger partial charge >= 0.3 is 5.97 Å². The van der Waals surface area contributed by atoms with Crippen molar-refractivity contribution in [2.45, 2.75) is 57.4 Å². The number of esters is 1. The SMILES string of the molecule is CCCCCCC/C=C(\F)CC1(c2ccccc2)N=C(c2ccc([N+](=O)[O-])cc2)OC1=O. The number of rotatable bonds is 11. The van der Waals surface area contributed by atoms with Gasteiger partial charge in [0.1, 0.15) is 0 Å². The molecule has 0 saturated carbocycles. The van der Waals surface area contributed by atoms with Gasteiger partial charge in [0.15, 0.2) is 5.54 Å². The van der Waals surface area contributed by atoms with Gasteiger partial charge in [-0.05, 0) is 30.5 Å². The fourth-order valence-electron chi connectivity index (χ4n) is 3.70. The number of halogens is 1. The number of cyclic esters (lactones) is 1. The first-order valence-electron chi connectivity index (χ1n) is 10.9. The third kappa shape index (κ3) is 5.46. The lowest BCUT2D eigenvalue weighted by molar-refractivity contribution is -0.384. The number of benzene rings is 2. The van der Waals surface area contributed by atoms with Crippen LogP contribution < -0.4 is 0 Å². The maximum absolute atomic E-state index is 14.9. The lowest BCUT2D eigenvalue weighted by Gasteiger charge is -2.21. The van der Waals surface area contributed by atoms with Gasteiger partial charge in [-0.2, -0.15) is 0 Å². The van der Waals surface area contributed by atoms with Crippen LogP contribution in [-0.4, -0.2) is 16.8 Å². The number of nitro benzene ring substituents is 1. The summed E-state index contributed by atoms with van der Waals surface area (Å²) in [5.74, 6) is -1.04. The average Bonchev–Trinajstić information content (AvgIpc) is 3.13. The van der Waals surface area contributed by atoms with E-state index in [1.54, 1.807) is 30.3 Å². The van der Waals surface area contributed by atoms with E-state index in [9.17, 15) is 19.3 Å². The van der Waals surface area contributed by atoms with Crippen LogP contribution in [0, 0.1) is 10.1 Å². The number of aliphatic imine (C=N–C) groups is 1. The summed E-state index contributed by atoms with van der Waals surface area (Å²) in [6.07, 6.45) is 7.31. The van der Waals surface area contributed by atoms with Crippen LogP contribution in [-0.2, 0) is 15.1 Å². The number of carbonyl (C=O) groups is 1. The maximum Gasteiger partial charge on any atom is 0.346 e. The highest BCUT2D eigenvalue weighted by molar-refractivity contribution is 6.08. The van der Waals surface area contributed by atoms with E-state index in [0.717, 1.165) is 25.7 Å². The van der Waals surface area contributed by atoms with Crippen molar-refractivity contribution in [1.29, 1.82) is 0 Å². The van der Waals surface area contributed by atoms with E-state index < -0.39 is 22.3 Å². The number of ether oxygens (including phenoxy) is 1. The second-order valence-corrected chi connectivity index (χ2v) is 7.87. The van der Waals surface area contributed by atoms with E-state index in [-0.39, 0.29) is 18.0 Å². The largest absolute Gasteiger partial charge is 0.405 e. The fourth-order valence-corrected chi connectivity index (χ4v) is 3.70. The third-order valence-corrected chi connectivity index (χ3v) is 5.49. The Hall–Kier alpha value is -3.35. The summed E-state index contributed by atoms with van der Waals surface area (Å²) in [5.41, 5.74) is -0.655. The smallest absolute Gasteiger partial charge is 0.346 e. The molecule has 1 aliphatic heterocycles. The molecular formula is C25H27FN2O4. The average molecular weight is 438 g/mol. The molecule has 32 heavy (non-hydrogen) atoms. The summed E-state index contributed by atoms with van der Waals surface area (Å²) in [5, 5.41) is 10.9. The zero-order valence-electron chi connectivity index (χ0n) is 18.1. The number of unbranched alkanes of at least 4 members (excludes halogenated alkanes) is 5. The molecule has 0 radical (unpaired) electrons. The highest BCUT2D eigenvalue weighted by Crippen LogP contribution is 2.39. The molecule has 7 heteroatoms. The second-order valence-electron chi connectivity index (χ2n) is 7.87. The highest BCUT2D eigenvalue weighted by atomic mass is 19.1. The van der Waals surface area contributed by atoms with Crippen molar-refractivity contribution < 1.29 is 18.8 Å². The van der Waals surface area contributed by atoms with Crippen molar-refractivity contribution in [2.75, 3.05) is 0 Å². The molecule has 0 saturated heterocycles. The zero-order chi connectivity index (χ0) is 23.0. The fraction of sp³-hybridized carbons (Fsp3) is 0.360. The maximum atomic E-state index is 14.9. The van der Waals surface area contributed by atoms with Crippen LogP contribution in [0.3, 0.4) is 0 Å². The van der Waals surface area contributed by atoms with Crippen LogP contribution in [0.15, 0.2) is 71.5 Å². The molecule has 2 aromatic carbocycles. The number of nitrogens with zero attached hydrogens (tertiary/aromatic N) is 2. The zero-order valence-corrected chi connectivity index (χ0v) is 18.1. The summed E-state index contributed by atoms with van der Waals surface area (Å²) in [6, 6.07) is 14.3. The predicted molar refractivity (Wildman–Crippen MR) is 121 cm³/mol. The van der Waals surface area contributed by atoms with Crippen LogP contribution in [0.5, 0.6) is 0 Å². The number of nitro groups is 1. The van der Waals surface area contributed by atoms with Crippen molar-refractivity contribution >= 4 is 17.6 Å². The Labute approximate surface area is 187 Å². The van der Waals surface area contributed by atoms with Gasteiger partial charge in [0.2, 0.25) is 5.90 Å². The van der Waals surface area contributed by atoms with E-state index in [2.05, 4.69) is 11.9 Å². The molecule has 0 N–H and O–H groups in total. The molecule has 3 rings (SSSR count). The van der Waals surface area contributed by atoms with E-state index in [1.165, 1.54) is 36.8 Å². The predicted octanol–water partition coefficient (Wildman–Crippen LogP) is 6.40. The number of non-ortho nitro benzene ring substituents is 1. The molecule has 0 fully saturated rings. The van der Waals surface area contributed by atoms with Crippen LogP contribution in [0.1, 0.15) is 63.0 Å². The molecular weight excluding hydrogens is 411 g/mol. The standard InChI is InChI=1S/C25H27FN2O4/c1-2-3-4-5-6-10-13-21(26)18-25(20-11-8-7-9-12-20)24(29)32-23(27-25)19-14-16-22(17-15-19)28(30)31/h7-9,11-17H,2-6,10,18H2,1H3/b21-13-. The Morgan fingerprint density at radius 1 is 1.09 bits per heavy atom. The van der Waals surface area contributed by atoms with Crippen molar-refractivity contribution in [3.05, 3.63) is 87.7 Å². The van der Waals surface area contributed by atoms with E-state index >= 15 is 0 Å². The lowest BCUT2D eigenvalue weighted by atomic mass is 9.87. The van der Waals surface area contributed by atoms with E-state index in [1.807, 2.05) is 0 Å². The van der Waals surface area contributed by atoms with Gasteiger partial charge in [0.25, 0.3) is 5.69 Å². The molecule has 0 aromatic heterocycles. The molecule has 6 nitrogen and oxygen atoms in total. The molecule has 0 spiro atoms. The first kappa shape index (κ1) is 23.3. The Balaban J connectivity index is 1.85. The quantitative estimate of drug-likeness (QED) is 0.176. The summed E-state index contributed by atoms with van der Waals surface area (Å²) in [4.78, 5) is 27.9. The molecule has 0 amide bonds. The van der Waals surface area contributed by atoms with Gasteiger partial charge in [0.05, 0.1) is 10.8 Å². The summed E-state index contributed by atoms with van der Waals surface area (Å²) < 4.78 is 20.4. The minimum Gasteiger partial charge on any atom is -0.405 e. The van der Waals surface area contributed by atoms with Crippen molar-refractivity contribution in [3.8, 4) is 0 Å². The molecule has 1 atom stereocenters. The Morgan fingerprint density at radius 3 is 2.44 bits per heavy atom. The molecule has 168 valence electrons. The van der Waals surface area contributed by atoms with Gasteiger partial charge in [0, 0.05) is 24.1 Å². The molecule has 0 bridgehead atoms. The van der Waals surface area contributed by atoms with Crippen molar-refractivity contribution in [1.82, 2.24) is 0 Å². The van der Waals surface area contributed by atoms with Gasteiger partial charge in [-0.3, -0.25) is 10.1 Å². The van der Waals surface area contributed by atoms with E-state index in [0.29, 0.717) is 17.5 Å².